The number of amides is 1. The van der Waals surface area contributed by atoms with Crippen molar-refractivity contribution in [3.05, 3.63) is 30.3 Å². The quantitative estimate of drug-likeness (QED) is 0.783. The molecule has 1 amide bonds. The van der Waals surface area contributed by atoms with Crippen LogP contribution >= 0.6 is 11.8 Å². The van der Waals surface area contributed by atoms with Crippen molar-refractivity contribution in [3.8, 4) is 0 Å². The largest absolute Gasteiger partial charge is 0.358 e. The van der Waals surface area contributed by atoms with Gasteiger partial charge in [0.25, 0.3) is 0 Å². The van der Waals surface area contributed by atoms with Crippen LogP contribution in [-0.2, 0) is 4.79 Å². The molecule has 1 aliphatic rings. The van der Waals surface area contributed by atoms with Crippen LogP contribution in [-0.4, -0.2) is 55.8 Å². The zero-order chi connectivity index (χ0) is 13.5. The number of carbonyl (C=O) groups excluding carboxylic acids is 1. The highest BCUT2D eigenvalue weighted by Gasteiger charge is 2.27. The molecule has 1 unspecified atom stereocenters. The zero-order valence-corrected chi connectivity index (χ0v) is 12.1. The summed E-state index contributed by atoms with van der Waals surface area (Å²) in [7, 11) is 1.70. The molecule has 19 heavy (non-hydrogen) atoms. The summed E-state index contributed by atoms with van der Waals surface area (Å²) in [6.07, 6.45) is 0. The van der Waals surface area contributed by atoms with Crippen LogP contribution in [0.25, 0.3) is 0 Å². The van der Waals surface area contributed by atoms with E-state index in [0.29, 0.717) is 0 Å². The lowest BCUT2D eigenvalue weighted by molar-refractivity contribution is -0.126. The molecule has 1 fully saturated rings. The van der Waals surface area contributed by atoms with E-state index >= 15 is 0 Å². The van der Waals surface area contributed by atoms with Crippen LogP contribution in [0.3, 0.4) is 0 Å². The van der Waals surface area contributed by atoms with E-state index in [-0.39, 0.29) is 11.9 Å². The lowest BCUT2D eigenvalue weighted by Gasteiger charge is -2.34. The van der Waals surface area contributed by atoms with Crippen molar-refractivity contribution < 1.29 is 4.79 Å². The molecule has 0 bridgehead atoms. The minimum absolute atomic E-state index is 0.0323. The van der Waals surface area contributed by atoms with Gasteiger partial charge in [0.05, 0.1) is 0 Å². The van der Waals surface area contributed by atoms with E-state index in [0.717, 1.165) is 31.9 Å². The van der Waals surface area contributed by atoms with E-state index in [2.05, 4.69) is 39.8 Å². The van der Waals surface area contributed by atoms with E-state index in [4.69, 9.17) is 0 Å². The number of benzene rings is 1. The van der Waals surface area contributed by atoms with Crippen LogP contribution in [0, 0.1) is 0 Å². The third-order valence-electron chi connectivity index (χ3n) is 3.29. The smallest absolute Gasteiger partial charge is 0.238 e. The Balaban J connectivity index is 1.81. The fourth-order valence-electron chi connectivity index (χ4n) is 2.24. The van der Waals surface area contributed by atoms with Gasteiger partial charge in [-0.25, -0.2) is 0 Å². The second kappa shape index (κ2) is 7.53. The van der Waals surface area contributed by atoms with Gasteiger partial charge in [-0.15, -0.1) is 11.8 Å². The van der Waals surface area contributed by atoms with Gasteiger partial charge in [0, 0.05) is 43.9 Å². The van der Waals surface area contributed by atoms with Crippen LogP contribution in [0.1, 0.15) is 0 Å². The van der Waals surface area contributed by atoms with E-state index in [1.54, 1.807) is 7.05 Å². The summed E-state index contributed by atoms with van der Waals surface area (Å²) in [6, 6.07) is 10.4. The lowest BCUT2D eigenvalue weighted by atomic mass is 10.2. The fourth-order valence-corrected chi connectivity index (χ4v) is 3.15. The van der Waals surface area contributed by atoms with E-state index in [1.807, 2.05) is 17.8 Å². The van der Waals surface area contributed by atoms with Gasteiger partial charge in [0.1, 0.15) is 6.04 Å². The SMILES string of the molecule is CNC(=O)C1CNCCN1CCSc1ccccc1. The Kier molecular flexibility index (Phi) is 5.69. The summed E-state index contributed by atoms with van der Waals surface area (Å²) in [5, 5.41) is 6.02. The zero-order valence-electron chi connectivity index (χ0n) is 11.3. The molecular formula is C14H21N3OS. The summed E-state index contributed by atoms with van der Waals surface area (Å²) in [4.78, 5) is 15.4. The van der Waals surface area contributed by atoms with Gasteiger partial charge < -0.3 is 10.6 Å². The van der Waals surface area contributed by atoms with E-state index in [1.165, 1.54) is 4.90 Å². The maximum Gasteiger partial charge on any atom is 0.238 e. The van der Waals surface area contributed by atoms with Crippen molar-refractivity contribution in [2.75, 3.05) is 39.0 Å². The predicted molar refractivity (Wildman–Crippen MR) is 79.5 cm³/mol. The first-order valence-electron chi connectivity index (χ1n) is 6.65. The minimum atomic E-state index is -0.0323. The van der Waals surface area contributed by atoms with Crippen LogP contribution in [0.15, 0.2) is 35.2 Å². The number of nitrogens with one attached hydrogen (secondary N) is 2. The molecule has 5 heteroatoms. The summed E-state index contributed by atoms with van der Waals surface area (Å²) < 4.78 is 0. The molecule has 0 saturated carbocycles. The van der Waals surface area contributed by atoms with Gasteiger partial charge >= 0.3 is 0 Å². The topological polar surface area (TPSA) is 44.4 Å². The Bertz CT molecular complexity index is 399. The first-order valence-corrected chi connectivity index (χ1v) is 7.64. The van der Waals surface area contributed by atoms with Crippen molar-refractivity contribution in [3.63, 3.8) is 0 Å². The van der Waals surface area contributed by atoms with Gasteiger partial charge in [-0.1, -0.05) is 18.2 Å². The molecule has 0 aromatic heterocycles. The van der Waals surface area contributed by atoms with E-state index < -0.39 is 0 Å². The molecule has 1 aliphatic heterocycles. The van der Waals surface area contributed by atoms with Crippen LogP contribution in [0.5, 0.6) is 0 Å². The number of likely N-dealkylation sites (N-methyl/N-ethyl adjacent to an activating group) is 1. The predicted octanol–water partition coefficient (Wildman–Crippen LogP) is 0.799. The van der Waals surface area contributed by atoms with Gasteiger partial charge in [-0.05, 0) is 12.1 Å². The van der Waals surface area contributed by atoms with Crippen molar-refractivity contribution in [1.29, 1.82) is 0 Å². The van der Waals surface area contributed by atoms with E-state index in [9.17, 15) is 4.79 Å². The van der Waals surface area contributed by atoms with Crippen LogP contribution < -0.4 is 10.6 Å². The van der Waals surface area contributed by atoms with Crippen molar-refractivity contribution in [2.45, 2.75) is 10.9 Å². The second-order valence-corrected chi connectivity index (χ2v) is 5.70. The monoisotopic (exact) mass is 279 g/mol. The van der Waals surface area contributed by atoms with Gasteiger partial charge in [0.15, 0.2) is 0 Å². The van der Waals surface area contributed by atoms with Gasteiger partial charge in [0.2, 0.25) is 5.91 Å². The molecule has 2 N–H and O–H groups in total. The molecule has 1 aromatic carbocycles. The summed E-state index contributed by atoms with van der Waals surface area (Å²) in [5.41, 5.74) is 0. The number of hydrogen-bond donors (Lipinski definition) is 2. The average molecular weight is 279 g/mol. The number of piperazine rings is 1. The van der Waals surface area contributed by atoms with Crippen molar-refractivity contribution >= 4 is 17.7 Å². The Labute approximate surface area is 118 Å². The number of carbonyl (C=O) groups is 1. The molecule has 4 nitrogen and oxygen atoms in total. The maximum atomic E-state index is 11.8. The maximum absolute atomic E-state index is 11.8. The number of hydrogen-bond acceptors (Lipinski definition) is 4. The lowest BCUT2D eigenvalue weighted by Crippen LogP contribution is -2.57. The summed E-state index contributed by atoms with van der Waals surface area (Å²) >= 11 is 1.84. The number of nitrogens with zero attached hydrogens (tertiary/aromatic N) is 1. The normalized spacial score (nSPS) is 20.2. The highest BCUT2D eigenvalue weighted by atomic mass is 32.2. The summed E-state index contributed by atoms with van der Waals surface area (Å²) in [5.74, 6) is 1.12. The van der Waals surface area contributed by atoms with Gasteiger partial charge in [-0.2, -0.15) is 0 Å². The third-order valence-corrected chi connectivity index (χ3v) is 4.29. The first kappa shape index (κ1) is 14.4. The number of thioether (sulfide) groups is 1. The second-order valence-electron chi connectivity index (χ2n) is 4.53. The molecule has 1 heterocycles. The van der Waals surface area contributed by atoms with Crippen molar-refractivity contribution in [2.24, 2.45) is 0 Å². The van der Waals surface area contributed by atoms with Gasteiger partial charge in [-0.3, -0.25) is 9.69 Å². The van der Waals surface area contributed by atoms with Crippen LogP contribution in [0.4, 0.5) is 0 Å². The number of rotatable bonds is 5. The molecule has 1 atom stereocenters. The van der Waals surface area contributed by atoms with Crippen molar-refractivity contribution in [1.82, 2.24) is 15.5 Å². The highest BCUT2D eigenvalue weighted by molar-refractivity contribution is 7.99. The molecule has 0 radical (unpaired) electrons. The fraction of sp³-hybridized carbons (Fsp3) is 0.500. The molecule has 0 aliphatic carbocycles. The molecule has 2 rings (SSSR count). The first-order chi connectivity index (χ1) is 9.31. The molecule has 0 spiro atoms. The highest BCUT2D eigenvalue weighted by Crippen LogP contribution is 2.17. The third kappa shape index (κ3) is 4.23. The molecule has 1 saturated heterocycles. The Morgan fingerprint density at radius 3 is 3.00 bits per heavy atom. The summed E-state index contributed by atoms with van der Waals surface area (Å²) in [6.45, 7) is 3.59. The minimum Gasteiger partial charge on any atom is -0.358 e. The Morgan fingerprint density at radius 2 is 2.26 bits per heavy atom. The Hall–Kier alpha value is -1.04. The van der Waals surface area contributed by atoms with Crippen LogP contribution in [0.2, 0.25) is 0 Å². The standard InChI is InChI=1S/C14H21N3OS/c1-15-14(18)13-11-16-7-8-17(13)9-10-19-12-5-3-2-4-6-12/h2-6,13,16H,7-11H2,1H3,(H,15,18). The Morgan fingerprint density at radius 1 is 1.47 bits per heavy atom. The molecule has 1 aromatic rings. The molecular weight excluding hydrogens is 258 g/mol. The average Bonchev–Trinajstić information content (AvgIpc) is 2.48. The molecule has 104 valence electrons.